The van der Waals surface area contributed by atoms with Crippen LogP contribution in [0.4, 0.5) is 0 Å². The van der Waals surface area contributed by atoms with Gasteiger partial charge in [0, 0.05) is 50.3 Å². The molecule has 2 fully saturated rings. The predicted molar refractivity (Wildman–Crippen MR) is 94.9 cm³/mol. The number of carbonyl (C=O) groups excluding carboxylic acids is 1. The summed E-state index contributed by atoms with van der Waals surface area (Å²) >= 11 is 0. The number of hydrogen-bond acceptors (Lipinski definition) is 3. The lowest BCUT2D eigenvalue weighted by molar-refractivity contribution is -0.136. The number of nitrogens with zero attached hydrogens (tertiary/aromatic N) is 5. The fourth-order valence-corrected chi connectivity index (χ4v) is 3.85. The maximum absolute atomic E-state index is 12.7. The summed E-state index contributed by atoms with van der Waals surface area (Å²) in [5.74, 6) is 2.78. The Hall–Kier alpha value is -2.11. The highest BCUT2D eigenvalue weighted by Crippen LogP contribution is 2.33. The van der Waals surface area contributed by atoms with Crippen molar-refractivity contribution in [3.05, 3.63) is 36.7 Å². The predicted octanol–water partition coefficient (Wildman–Crippen LogP) is 2.53. The van der Waals surface area contributed by atoms with Crippen LogP contribution in [-0.2, 0) is 17.9 Å². The quantitative estimate of drug-likeness (QED) is 0.811. The van der Waals surface area contributed by atoms with Crippen molar-refractivity contribution in [1.82, 2.24) is 24.2 Å². The molecule has 1 saturated heterocycles. The van der Waals surface area contributed by atoms with Crippen LogP contribution >= 0.6 is 0 Å². The van der Waals surface area contributed by atoms with E-state index in [0.29, 0.717) is 12.5 Å². The lowest BCUT2D eigenvalue weighted by atomic mass is 9.95. The summed E-state index contributed by atoms with van der Waals surface area (Å²) in [7, 11) is 0. The van der Waals surface area contributed by atoms with Gasteiger partial charge in [0.15, 0.2) is 0 Å². The van der Waals surface area contributed by atoms with Crippen LogP contribution in [0.3, 0.4) is 0 Å². The Morgan fingerprint density at radius 1 is 1.20 bits per heavy atom. The van der Waals surface area contributed by atoms with Gasteiger partial charge in [0.25, 0.3) is 0 Å². The highest BCUT2D eigenvalue weighted by Gasteiger charge is 2.30. The number of rotatable bonds is 6. The first kappa shape index (κ1) is 16.4. The van der Waals surface area contributed by atoms with Crippen molar-refractivity contribution in [2.45, 2.75) is 51.6 Å². The van der Waals surface area contributed by atoms with Crippen molar-refractivity contribution >= 4 is 5.91 Å². The van der Waals surface area contributed by atoms with Crippen LogP contribution in [0.25, 0.3) is 0 Å². The minimum atomic E-state index is -0.0340. The van der Waals surface area contributed by atoms with E-state index in [1.807, 2.05) is 35.0 Å². The van der Waals surface area contributed by atoms with Crippen LogP contribution in [-0.4, -0.2) is 43.2 Å². The van der Waals surface area contributed by atoms with Crippen molar-refractivity contribution in [2.24, 2.45) is 11.8 Å². The third-order valence-electron chi connectivity index (χ3n) is 5.51. The molecule has 0 radical (unpaired) electrons. The van der Waals surface area contributed by atoms with Crippen LogP contribution < -0.4 is 0 Å². The molecule has 0 N–H and O–H groups in total. The van der Waals surface area contributed by atoms with Crippen LogP contribution in [0.5, 0.6) is 0 Å². The maximum Gasteiger partial charge on any atom is 0.227 e. The molecule has 0 spiro atoms. The minimum Gasteiger partial charge on any atom is -0.342 e. The van der Waals surface area contributed by atoms with Gasteiger partial charge < -0.3 is 9.47 Å². The number of carbonyl (C=O) groups is 1. The van der Waals surface area contributed by atoms with Crippen molar-refractivity contribution in [3.8, 4) is 0 Å². The Kier molecular flexibility index (Phi) is 4.59. The molecule has 0 aromatic carbocycles. The molecule has 1 saturated carbocycles. The van der Waals surface area contributed by atoms with Crippen molar-refractivity contribution in [1.29, 1.82) is 0 Å². The van der Waals surface area contributed by atoms with Gasteiger partial charge >= 0.3 is 0 Å². The van der Waals surface area contributed by atoms with Crippen LogP contribution in [0.1, 0.15) is 44.3 Å². The van der Waals surface area contributed by atoms with E-state index in [1.54, 1.807) is 6.20 Å². The highest BCUT2D eigenvalue weighted by molar-refractivity contribution is 5.78. The Balaban J connectivity index is 1.31. The monoisotopic (exact) mass is 341 g/mol. The number of imidazole rings is 1. The van der Waals surface area contributed by atoms with Crippen molar-refractivity contribution in [2.75, 3.05) is 13.1 Å². The average Bonchev–Trinajstić information content (AvgIpc) is 3.09. The fourth-order valence-electron chi connectivity index (χ4n) is 3.85. The van der Waals surface area contributed by atoms with E-state index in [2.05, 4.69) is 20.8 Å². The van der Waals surface area contributed by atoms with E-state index < -0.39 is 0 Å². The van der Waals surface area contributed by atoms with E-state index in [9.17, 15) is 4.79 Å². The third kappa shape index (κ3) is 3.78. The Labute approximate surface area is 148 Å². The van der Waals surface area contributed by atoms with Gasteiger partial charge in [-0.15, -0.1) is 0 Å². The summed E-state index contributed by atoms with van der Waals surface area (Å²) in [5.41, 5.74) is 0. The zero-order valence-electron chi connectivity index (χ0n) is 14.9. The highest BCUT2D eigenvalue weighted by atomic mass is 16.2. The van der Waals surface area contributed by atoms with Crippen LogP contribution in [0.15, 0.2) is 30.9 Å². The SMILES string of the molecule is C[C@H](Cn1cccn1)C(=O)N1CCC(c2nccn2CC2CC2)CC1. The average molecular weight is 341 g/mol. The lowest BCUT2D eigenvalue weighted by Crippen LogP contribution is -2.42. The molecule has 0 bridgehead atoms. The normalized spacial score (nSPS) is 20.0. The molecule has 1 aliphatic heterocycles. The molecule has 6 nitrogen and oxygen atoms in total. The Morgan fingerprint density at radius 3 is 2.68 bits per heavy atom. The molecule has 2 aliphatic rings. The molecule has 1 aliphatic carbocycles. The number of aromatic nitrogens is 4. The summed E-state index contributed by atoms with van der Waals surface area (Å²) in [6, 6.07) is 1.90. The smallest absolute Gasteiger partial charge is 0.227 e. The first-order valence-electron chi connectivity index (χ1n) is 9.48. The molecular weight excluding hydrogens is 314 g/mol. The molecule has 0 unspecified atom stereocenters. The summed E-state index contributed by atoms with van der Waals surface area (Å²) in [5, 5.41) is 4.20. The van der Waals surface area contributed by atoms with Gasteiger partial charge in [-0.1, -0.05) is 6.92 Å². The number of piperidine rings is 1. The molecule has 1 atom stereocenters. The number of amides is 1. The number of likely N-dealkylation sites (tertiary alicyclic amines) is 1. The summed E-state index contributed by atoms with van der Waals surface area (Å²) < 4.78 is 4.18. The Morgan fingerprint density at radius 2 is 2.00 bits per heavy atom. The second-order valence-electron chi connectivity index (χ2n) is 7.61. The zero-order valence-corrected chi connectivity index (χ0v) is 14.9. The second kappa shape index (κ2) is 7.02. The van der Waals surface area contributed by atoms with Gasteiger partial charge in [-0.3, -0.25) is 9.48 Å². The third-order valence-corrected chi connectivity index (χ3v) is 5.51. The molecule has 2 aromatic heterocycles. The molecule has 6 heteroatoms. The van der Waals surface area contributed by atoms with Crippen molar-refractivity contribution < 1.29 is 4.79 Å². The van der Waals surface area contributed by atoms with Gasteiger partial charge in [-0.25, -0.2) is 4.98 Å². The first-order valence-corrected chi connectivity index (χ1v) is 9.48. The zero-order chi connectivity index (χ0) is 17.2. The second-order valence-corrected chi connectivity index (χ2v) is 7.61. The minimum absolute atomic E-state index is 0.0340. The summed E-state index contributed by atoms with van der Waals surface area (Å²) in [4.78, 5) is 19.4. The first-order chi connectivity index (χ1) is 12.2. The van der Waals surface area contributed by atoms with Crippen molar-refractivity contribution in [3.63, 3.8) is 0 Å². The van der Waals surface area contributed by atoms with Gasteiger partial charge in [-0.2, -0.15) is 5.10 Å². The summed E-state index contributed by atoms with van der Waals surface area (Å²) in [6.07, 6.45) is 12.5. The van der Waals surface area contributed by atoms with E-state index >= 15 is 0 Å². The van der Waals surface area contributed by atoms with E-state index in [0.717, 1.165) is 38.4 Å². The molecule has 4 rings (SSSR count). The molecule has 25 heavy (non-hydrogen) atoms. The molecular formula is C19H27N5O. The molecule has 3 heterocycles. The lowest BCUT2D eigenvalue weighted by Gasteiger charge is -2.33. The summed E-state index contributed by atoms with van der Waals surface area (Å²) in [6.45, 7) is 5.44. The standard InChI is InChI=1S/C19H27N5O/c1-15(13-24-9-2-7-21-24)19(25)22-10-5-17(6-11-22)18-20-8-12-23(18)14-16-3-4-16/h2,7-9,12,15-17H,3-6,10-11,13-14H2,1H3/t15-/m1/s1. The topological polar surface area (TPSA) is 56.0 Å². The van der Waals surface area contributed by atoms with Crippen LogP contribution in [0.2, 0.25) is 0 Å². The van der Waals surface area contributed by atoms with Crippen LogP contribution in [0, 0.1) is 11.8 Å². The number of hydrogen-bond donors (Lipinski definition) is 0. The Bertz CT molecular complexity index is 695. The van der Waals surface area contributed by atoms with E-state index in [1.165, 1.54) is 18.7 Å². The van der Waals surface area contributed by atoms with Gasteiger partial charge in [0.05, 0.1) is 12.5 Å². The molecule has 2 aromatic rings. The van der Waals surface area contributed by atoms with Gasteiger partial charge in [0.1, 0.15) is 5.82 Å². The molecule has 134 valence electrons. The van der Waals surface area contributed by atoms with Gasteiger partial charge in [-0.05, 0) is 37.7 Å². The maximum atomic E-state index is 12.7. The molecule has 1 amide bonds. The van der Waals surface area contributed by atoms with E-state index in [-0.39, 0.29) is 11.8 Å². The van der Waals surface area contributed by atoms with E-state index in [4.69, 9.17) is 0 Å². The fraction of sp³-hybridized carbons (Fsp3) is 0.632. The van der Waals surface area contributed by atoms with Gasteiger partial charge in [0.2, 0.25) is 5.91 Å². The largest absolute Gasteiger partial charge is 0.342 e.